The largest absolute Gasteiger partial charge is 0.377 e. The van der Waals surface area contributed by atoms with Crippen molar-refractivity contribution in [2.45, 2.75) is 53.0 Å². The first-order valence-corrected chi connectivity index (χ1v) is 8.22. The molecule has 1 amide bonds. The number of carbonyl (C=O) groups is 3. The van der Waals surface area contributed by atoms with Gasteiger partial charge in [0, 0.05) is 19.4 Å². The van der Waals surface area contributed by atoms with E-state index in [1.54, 1.807) is 6.92 Å². The van der Waals surface area contributed by atoms with E-state index in [4.69, 9.17) is 4.74 Å². The highest BCUT2D eigenvalue weighted by Gasteiger charge is 2.37. The van der Waals surface area contributed by atoms with Crippen LogP contribution >= 0.6 is 0 Å². The van der Waals surface area contributed by atoms with Crippen molar-refractivity contribution >= 4 is 17.5 Å². The van der Waals surface area contributed by atoms with Gasteiger partial charge < -0.3 is 10.1 Å². The molecule has 1 N–H and O–H groups in total. The van der Waals surface area contributed by atoms with Crippen LogP contribution in [0, 0.1) is 17.3 Å². The molecule has 0 bridgehead atoms. The average molecular weight is 323 g/mol. The predicted octanol–water partition coefficient (Wildman–Crippen LogP) is 2.29. The predicted molar refractivity (Wildman–Crippen MR) is 88.9 cm³/mol. The van der Waals surface area contributed by atoms with Crippen LogP contribution in [0.1, 0.15) is 47.0 Å². The van der Waals surface area contributed by atoms with Gasteiger partial charge in [-0.25, -0.2) is 0 Å². The minimum absolute atomic E-state index is 0.0111. The lowest BCUT2D eigenvalue weighted by atomic mass is 9.78. The van der Waals surface area contributed by atoms with Gasteiger partial charge in [0.05, 0.1) is 12.0 Å². The number of carbonyl (C=O) groups excluding carboxylic acids is 3. The number of hydrogen-bond donors (Lipinski definition) is 1. The molecule has 1 rings (SSSR count). The van der Waals surface area contributed by atoms with Crippen molar-refractivity contribution in [3.8, 4) is 0 Å². The molecule has 5 heteroatoms. The topological polar surface area (TPSA) is 72.5 Å². The van der Waals surface area contributed by atoms with Gasteiger partial charge in [0.1, 0.15) is 6.61 Å². The molecule has 0 aliphatic heterocycles. The second kappa shape index (κ2) is 8.39. The summed E-state index contributed by atoms with van der Waals surface area (Å²) < 4.78 is 4.92. The molecule has 0 fully saturated rings. The molecule has 3 atom stereocenters. The molecule has 0 aromatic rings. The summed E-state index contributed by atoms with van der Waals surface area (Å²) in [5.41, 5.74) is -0.362. The summed E-state index contributed by atoms with van der Waals surface area (Å²) in [5, 5.41) is 2.89. The van der Waals surface area contributed by atoms with Crippen LogP contribution in [0.3, 0.4) is 0 Å². The molecule has 1 aliphatic carbocycles. The lowest BCUT2D eigenvalue weighted by molar-refractivity contribution is -0.138. The van der Waals surface area contributed by atoms with Crippen LogP contribution in [-0.2, 0) is 19.1 Å². The minimum Gasteiger partial charge on any atom is -0.377 e. The Kier molecular flexibility index (Phi) is 7.13. The highest BCUT2D eigenvalue weighted by Crippen LogP contribution is 2.28. The van der Waals surface area contributed by atoms with Gasteiger partial charge in [-0.1, -0.05) is 39.8 Å². The molecule has 0 radical (unpaired) electrons. The van der Waals surface area contributed by atoms with Gasteiger partial charge in [-0.05, 0) is 18.3 Å². The third kappa shape index (κ3) is 5.27. The number of Topliss-reactive ketones (excluding diaryl/α,β-unsaturated/α-hetero) is 2. The number of amides is 1. The first-order chi connectivity index (χ1) is 10.7. The third-order valence-electron chi connectivity index (χ3n) is 4.29. The number of rotatable bonds is 7. The number of ether oxygens (including phenoxy) is 1. The molecule has 0 aromatic carbocycles. The number of allylic oxidation sites excluding steroid dienone is 2. The second-order valence-electron chi connectivity index (χ2n) is 7.18. The first kappa shape index (κ1) is 19.6. The Morgan fingerprint density at radius 1 is 1.17 bits per heavy atom. The summed E-state index contributed by atoms with van der Waals surface area (Å²) in [6.07, 6.45) is 5.29. The fourth-order valence-electron chi connectivity index (χ4n) is 2.94. The number of ketones is 2. The Morgan fingerprint density at radius 3 is 2.22 bits per heavy atom. The van der Waals surface area contributed by atoms with Crippen molar-refractivity contribution in [3.63, 3.8) is 0 Å². The third-order valence-corrected chi connectivity index (χ3v) is 4.29. The van der Waals surface area contributed by atoms with Gasteiger partial charge in [0.25, 0.3) is 0 Å². The van der Waals surface area contributed by atoms with Gasteiger partial charge >= 0.3 is 0 Å². The molecule has 23 heavy (non-hydrogen) atoms. The molecule has 130 valence electrons. The molecular formula is C18H29NO4. The van der Waals surface area contributed by atoms with Crippen LogP contribution in [0.4, 0.5) is 0 Å². The highest BCUT2D eigenvalue weighted by atomic mass is 16.5. The Morgan fingerprint density at radius 2 is 1.74 bits per heavy atom. The summed E-state index contributed by atoms with van der Waals surface area (Å²) in [7, 11) is 1.47. The van der Waals surface area contributed by atoms with E-state index in [-0.39, 0.29) is 35.4 Å². The van der Waals surface area contributed by atoms with Crippen LogP contribution in [0.5, 0.6) is 0 Å². The summed E-state index contributed by atoms with van der Waals surface area (Å²) in [6, 6.07) is -0.538. The van der Waals surface area contributed by atoms with E-state index in [9.17, 15) is 14.4 Å². The van der Waals surface area contributed by atoms with Gasteiger partial charge in [-0.15, -0.1) is 0 Å². The number of methoxy groups -OCH3 is 1. The summed E-state index contributed by atoms with van der Waals surface area (Å²) in [5.74, 6) is -1.08. The van der Waals surface area contributed by atoms with E-state index >= 15 is 0 Å². The van der Waals surface area contributed by atoms with Crippen molar-refractivity contribution in [1.29, 1.82) is 0 Å². The van der Waals surface area contributed by atoms with E-state index in [0.717, 1.165) is 0 Å². The van der Waals surface area contributed by atoms with Gasteiger partial charge in [-0.2, -0.15) is 0 Å². The minimum atomic E-state index is -0.538. The van der Waals surface area contributed by atoms with E-state index < -0.39 is 12.0 Å². The lowest BCUT2D eigenvalue weighted by Gasteiger charge is -2.33. The summed E-state index contributed by atoms with van der Waals surface area (Å²) >= 11 is 0. The smallest absolute Gasteiger partial charge is 0.224 e. The maximum absolute atomic E-state index is 12.7. The Balaban J connectivity index is 2.90. The van der Waals surface area contributed by atoms with Crippen LogP contribution in [0.2, 0.25) is 0 Å². The Bertz CT molecular complexity index is 476. The zero-order valence-corrected chi connectivity index (χ0v) is 14.8. The Hall–Kier alpha value is -1.49. The molecular weight excluding hydrogens is 294 g/mol. The maximum Gasteiger partial charge on any atom is 0.224 e. The van der Waals surface area contributed by atoms with Crippen molar-refractivity contribution in [2.24, 2.45) is 17.3 Å². The quantitative estimate of drug-likeness (QED) is 0.730. The highest BCUT2D eigenvalue weighted by molar-refractivity contribution is 5.93. The maximum atomic E-state index is 12.7. The average Bonchev–Trinajstić information content (AvgIpc) is 2.50. The van der Waals surface area contributed by atoms with E-state index in [0.29, 0.717) is 19.3 Å². The van der Waals surface area contributed by atoms with Crippen molar-refractivity contribution in [1.82, 2.24) is 5.32 Å². The molecule has 0 aromatic heterocycles. The van der Waals surface area contributed by atoms with E-state index in [2.05, 4.69) is 5.32 Å². The van der Waals surface area contributed by atoms with Crippen LogP contribution in [0.25, 0.3) is 0 Å². The molecule has 0 spiro atoms. The van der Waals surface area contributed by atoms with Crippen LogP contribution in [0.15, 0.2) is 12.2 Å². The monoisotopic (exact) mass is 323 g/mol. The van der Waals surface area contributed by atoms with E-state index in [1.807, 2.05) is 32.9 Å². The van der Waals surface area contributed by atoms with Crippen molar-refractivity contribution in [2.75, 3.05) is 13.7 Å². The van der Waals surface area contributed by atoms with Crippen LogP contribution < -0.4 is 5.32 Å². The number of nitrogens with one attached hydrogen (secondary N) is 1. The summed E-state index contributed by atoms with van der Waals surface area (Å²) in [6.45, 7) is 7.60. The van der Waals surface area contributed by atoms with Crippen molar-refractivity contribution in [3.05, 3.63) is 12.2 Å². The van der Waals surface area contributed by atoms with Gasteiger partial charge in [0.15, 0.2) is 11.6 Å². The standard InChI is InChI=1S/C18H29NO4/c1-6-14(20)16(18(2,3)4)19-17(22)13-10-8-7-9-12(13)15(21)11-23-5/h7-8,12-13,16H,6,9-11H2,1-5H3,(H,19,22). The molecule has 0 saturated carbocycles. The zero-order chi connectivity index (χ0) is 17.6. The summed E-state index contributed by atoms with van der Waals surface area (Å²) in [4.78, 5) is 37.1. The number of hydrogen-bond acceptors (Lipinski definition) is 4. The zero-order valence-electron chi connectivity index (χ0n) is 14.8. The first-order valence-electron chi connectivity index (χ1n) is 8.22. The fraction of sp³-hybridized carbons (Fsp3) is 0.722. The fourth-order valence-corrected chi connectivity index (χ4v) is 2.94. The normalized spacial score (nSPS) is 22.5. The Labute approximate surface area is 138 Å². The lowest BCUT2D eigenvalue weighted by Crippen LogP contribution is -2.52. The van der Waals surface area contributed by atoms with Gasteiger partial charge in [-0.3, -0.25) is 14.4 Å². The van der Waals surface area contributed by atoms with Gasteiger partial charge in [0.2, 0.25) is 5.91 Å². The molecule has 3 unspecified atom stereocenters. The SMILES string of the molecule is CCC(=O)C(NC(=O)C1CC=CCC1C(=O)COC)C(C)(C)C. The van der Waals surface area contributed by atoms with Crippen LogP contribution in [-0.4, -0.2) is 37.2 Å². The van der Waals surface area contributed by atoms with E-state index in [1.165, 1.54) is 7.11 Å². The molecule has 0 saturated heterocycles. The molecule has 0 heterocycles. The molecule has 1 aliphatic rings. The molecule has 5 nitrogen and oxygen atoms in total. The van der Waals surface area contributed by atoms with Crippen molar-refractivity contribution < 1.29 is 19.1 Å². The second-order valence-corrected chi connectivity index (χ2v) is 7.18.